The van der Waals surface area contributed by atoms with Crippen molar-refractivity contribution in [1.82, 2.24) is 14.9 Å². The highest BCUT2D eigenvalue weighted by Crippen LogP contribution is 2.44. The fraction of sp³-hybridized carbons (Fsp3) is 0.458. The number of rotatable bonds is 7. The Bertz CT molecular complexity index is 1410. The van der Waals surface area contributed by atoms with Gasteiger partial charge in [0.25, 0.3) is 0 Å². The third-order valence-electron chi connectivity index (χ3n) is 6.78. The number of hydrogen-bond acceptors (Lipinski definition) is 10. The number of anilines is 1. The summed E-state index contributed by atoms with van der Waals surface area (Å²) in [6.45, 7) is 1.21. The van der Waals surface area contributed by atoms with Gasteiger partial charge in [-0.2, -0.15) is 10.2 Å². The highest BCUT2D eigenvalue weighted by atomic mass is 35.5. The van der Waals surface area contributed by atoms with E-state index in [0.717, 1.165) is 11.0 Å². The molecule has 2 aliphatic heterocycles. The van der Waals surface area contributed by atoms with Crippen molar-refractivity contribution in [3.05, 3.63) is 55.2 Å². The van der Waals surface area contributed by atoms with E-state index < -0.39 is 51.8 Å². The van der Waals surface area contributed by atoms with Crippen molar-refractivity contribution in [3.63, 3.8) is 0 Å². The predicted molar refractivity (Wildman–Crippen MR) is 138 cm³/mol. The van der Waals surface area contributed by atoms with E-state index >= 15 is 4.39 Å². The van der Waals surface area contributed by atoms with Gasteiger partial charge >= 0.3 is 17.7 Å². The number of nitrogens with zero attached hydrogens (tertiary/aromatic N) is 6. The van der Waals surface area contributed by atoms with Crippen molar-refractivity contribution in [1.29, 1.82) is 5.26 Å². The van der Waals surface area contributed by atoms with Crippen molar-refractivity contribution in [2.75, 3.05) is 37.7 Å². The number of fused-ring (bicyclic) bond motifs is 1. The van der Waals surface area contributed by atoms with Crippen molar-refractivity contribution < 1.29 is 33.5 Å². The van der Waals surface area contributed by atoms with E-state index in [4.69, 9.17) is 32.7 Å². The Kier molecular flexibility index (Phi) is 8.57. The molecule has 40 heavy (non-hydrogen) atoms. The minimum Gasteiger partial charge on any atom is -0.465 e. The van der Waals surface area contributed by atoms with Crippen LogP contribution in [0.5, 0.6) is 0 Å². The summed E-state index contributed by atoms with van der Waals surface area (Å²) in [7, 11) is 0. The fourth-order valence-corrected chi connectivity index (χ4v) is 5.53. The molecule has 4 rings (SSSR count). The zero-order valence-corrected chi connectivity index (χ0v) is 22.6. The summed E-state index contributed by atoms with van der Waals surface area (Å²) in [4.78, 5) is 47.3. The van der Waals surface area contributed by atoms with Gasteiger partial charge in [0.05, 0.1) is 36.7 Å². The predicted octanol–water partition coefficient (Wildman–Crippen LogP) is 3.49. The van der Waals surface area contributed by atoms with Gasteiger partial charge in [-0.25, -0.2) is 19.0 Å². The number of carbonyl (C=O) groups excluding carboxylic acids is 1. The number of amides is 1. The van der Waals surface area contributed by atoms with Crippen LogP contribution < -0.4 is 4.90 Å². The van der Waals surface area contributed by atoms with Crippen molar-refractivity contribution in [2.24, 2.45) is 0 Å². The molecule has 1 unspecified atom stereocenters. The second-order valence-corrected chi connectivity index (χ2v) is 9.76. The number of halogens is 3. The van der Waals surface area contributed by atoms with Crippen LogP contribution in [0.1, 0.15) is 30.2 Å². The number of nitriles is 1. The maximum Gasteiger partial charge on any atom is 0.407 e. The Morgan fingerprint density at radius 3 is 2.77 bits per heavy atom. The normalized spacial score (nSPS) is 20.4. The van der Waals surface area contributed by atoms with Crippen LogP contribution in [-0.2, 0) is 32.7 Å². The zero-order valence-electron chi connectivity index (χ0n) is 21.1. The van der Waals surface area contributed by atoms with Crippen LogP contribution >= 0.6 is 23.2 Å². The summed E-state index contributed by atoms with van der Waals surface area (Å²) < 4.78 is 26.5. The highest BCUT2D eigenvalue weighted by Gasteiger charge is 2.51. The number of benzene rings is 1. The maximum absolute atomic E-state index is 15.3. The minimum absolute atomic E-state index is 0.00552. The first-order chi connectivity index (χ1) is 19.0. The van der Waals surface area contributed by atoms with Crippen molar-refractivity contribution in [2.45, 2.75) is 37.8 Å². The first kappa shape index (κ1) is 29.2. The standard InChI is InChI=1S/C24H23Cl2FN6O7/c1-2-39-21(34)24(18-14(6-10-40-24)15(25)3-4-16(18)27)11-17-19(33(37)38)20(30-22(26)29-17)31-8-9-32(23(35)36)13(12-31)5-7-28/h3-4,13H,2,5-6,8-12H2,1H3,(H,35,36)/t13-,24?/m0/s1. The average Bonchev–Trinajstić information content (AvgIpc) is 2.90. The van der Waals surface area contributed by atoms with Crippen LogP contribution in [0.2, 0.25) is 10.3 Å². The van der Waals surface area contributed by atoms with Gasteiger partial charge in [-0.05, 0) is 42.6 Å². The zero-order chi connectivity index (χ0) is 29.2. The van der Waals surface area contributed by atoms with Gasteiger partial charge in [-0.1, -0.05) is 11.6 Å². The van der Waals surface area contributed by atoms with E-state index in [9.17, 15) is 30.1 Å². The third-order valence-corrected chi connectivity index (χ3v) is 7.30. The fourth-order valence-electron chi connectivity index (χ4n) is 5.10. The molecule has 16 heteroatoms. The summed E-state index contributed by atoms with van der Waals surface area (Å²) in [5, 5.41) is 30.9. The monoisotopic (exact) mass is 596 g/mol. The van der Waals surface area contributed by atoms with Crippen LogP contribution in [-0.4, -0.2) is 75.9 Å². The number of ether oxygens (including phenoxy) is 2. The van der Waals surface area contributed by atoms with E-state index in [1.807, 2.05) is 6.07 Å². The lowest BCUT2D eigenvalue weighted by molar-refractivity contribution is -0.385. The molecule has 212 valence electrons. The number of aromatic nitrogens is 2. The molecule has 0 bridgehead atoms. The minimum atomic E-state index is -2.18. The first-order valence-electron chi connectivity index (χ1n) is 12.1. The van der Waals surface area contributed by atoms with E-state index in [2.05, 4.69) is 9.97 Å². The molecule has 0 saturated carbocycles. The molecule has 1 amide bonds. The van der Waals surface area contributed by atoms with E-state index in [1.165, 1.54) is 11.0 Å². The van der Waals surface area contributed by atoms with Gasteiger partial charge in [0.1, 0.15) is 11.5 Å². The van der Waals surface area contributed by atoms with Gasteiger partial charge in [0.2, 0.25) is 11.1 Å². The second kappa shape index (κ2) is 11.7. The average molecular weight is 597 g/mol. The Labute approximate surface area is 237 Å². The number of nitro groups is 1. The molecule has 2 atom stereocenters. The van der Waals surface area contributed by atoms with Gasteiger partial charge in [0, 0.05) is 36.6 Å². The first-order valence-corrected chi connectivity index (χ1v) is 12.9. The van der Waals surface area contributed by atoms with Crippen LogP contribution in [0.4, 0.5) is 20.7 Å². The number of piperazine rings is 1. The largest absolute Gasteiger partial charge is 0.465 e. The quantitative estimate of drug-likeness (QED) is 0.214. The Hall–Kier alpha value is -3.80. The van der Waals surface area contributed by atoms with Gasteiger partial charge in [-0.15, -0.1) is 0 Å². The number of esters is 1. The molecule has 2 aromatic rings. The molecule has 1 saturated heterocycles. The molecule has 3 heterocycles. The van der Waals surface area contributed by atoms with Crippen LogP contribution in [0.15, 0.2) is 12.1 Å². The van der Waals surface area contributed by atoms with Gasteiger partial charge in [-0.3, -0.25) is 10.1 Å². The van der Waals surface area contributed by atoms with Crippen LogP contribution in [0, 0.1) is 27.3 Å². The van der Waals surface area contributed by atoms with E-state index in [-0.39, 0.29) is 67.8 Å². The van der Waals surface area contributed by atoms with E-state index in [0.29, 0.717) is 5.56 Å². The SMILES string of the molecule is CCOC(=O)C1(Cc2nc(Cl)nc(N3CCN(C(=O)O)[C@@H](CC#N)C3)c2[N+](=O)[O-])OCCc2c(Cl)ccc(F)c21. The lowest BCUT2D eigenvalue weighted by Gasteiger charge is -2.39. The topological polar surface area (TPSA) is 172 Å². The maximum atomic E-state index is 15.3. The number of carbonyl (C=O) groups is 2. The molecule has 1 aromatic heterocycles. The molecule has 1 N–H and O–H groups in total. The van der Waals surface area contributed by atoms with Crippen molar-refractivity contribution >= 4 is 46.8 Å². The molecule has 0 spiro atoms. The smallest absolute Gasteiger partial charge is 0.407 e. The van der Waals surface area contributed by atoms with Crippen LogP contribution in [0.3, 0.4) is 0 Å². The summed E-state index contributed by atoms with van der Waals surface area (Å²) in [6.07, 6.45) is -1.86. The molecule has 1 aromatic carbocycles. The molecule has 13 nitrogen and oxygen atoms in total. The molecular weight excluding hydrogens is 574 g/mol. The molecule has 2 aliphatic rings. The lowest BCUT2D eigenvalue weighted by Crippen LogP contribution is -2.55. The second-order valence-electron chi connectivity index (χ2n) is 9.01. The summed E-state index contributed by atoms with van der Waals surface area (Å²) in [5.74, 6) is -2.05. The number of hydrogen-bond donors (Lipinski definition) is 1. The molecular formula is C24H23Cl2FN6O7. The molecule has 0 radical (unpaired) electrons. The Morgan fingerprint density at radius 2 is 2.12 bits per heavy atom. The third kappa shape index (κ3) is 5.32. The van der Waals surface area contributed by atoms with Crippen molar-refractivity contribution in [3.8, 4) is 6.07 Å². The highest BCUT2D eigenvalue weighted by molar-refractivity contribution is 6.31. The summed E-state index contributed by atoms with van der Waals surface area (Å²) >= 11 is 12.5. The summed E-state index contributed by atoms with van der Waals surface area (Å²) in [6, 6.07) is 3.52. The number of carboxylic acid groups (broad SMARTS) is 1. The lowest BCUT2D eigenvalue weighted by atomic mass is 9.82. The Morgan fingerprint density at radius 1 is 1.38 bits per heavy atom. The Balaban J connectivity index is 1.86. The van der Waals surface area contributed by atoms with E-state index in [1.54, 1.807) is 6.92 Å². The molecule has 1 fully saturated rings. The van der Waals surface area contributed by atoms with Crippen LogP contribution in [0.25, 0.3) is 0 Å². The van der Waals surface area contributed by atoms with Gasteiger partial charge in [0.15, 0.2) is 5.60 Å². The summed E-state index contributed by atoms with van der Waals surface area (Å²) in [5.41, 5.74) is -3.06. The molecule has 0 aliphatic carbocycles. The van der Waals surface area contributed by atoms with Gasteiger partial charge < -0.3 is 24.4 Å².